The van der Waals surface area contributed by atoms with Crippen LogP contribution in [-0.2, 0) is 4.79 Å². The number of carbonyl (C=O) groups is 1. The fourth-order valence-electron chi connectivity index (χ4n) is 1.85. The maximum atomic E-state index is 11.8. The number of methoxy groups -OCH3 is 1. The monoisotopic (exact) mass is 276 g/mol. The molecule has 1 aromatic heterocycles. The fraction of sp³-hybridized carbons (Fsp3) is 0.286. The van der Waals surface area contributed by atoms with Crippen LogP contribution in [0.15, 0.2) is 30.5 Å². The quantitative estimate of drug-likeness (QED) is 0.844. The molecule has 0 spiro atoms. The van der Waals surface area contributed by atoms with Crippen LogP contribution in [0.1, 0.15) is 13.3 Å². The number of rotatable bonds is 4. The molecule has 0 bridgehead atoms. The first kappa shape index (κ1) is 13.7. The zero-order valence-corrected chi connectivity index (χ0v) is 11.8. The van der Waals surface area contributed by atoms with Gasteiger partial charge in [0, 0.05) is 29.3 Å². The Hall–Kier alpha value is -1.75. The topological polar surface area (TPSA) is 51.2 Å². The van der Waals surface area contributed by atoms with E-state index >= 15 is 0 Å². The van der Waals surface area contributed by atoms with E-state index in [1.165, 1.54) is 0 Å². The normalized spacial score (nSPS) is 12.2. The van der Waals surface area contributed by atoms with Crippen LogP contribution >= 0.6 is 12.6 Å². The van der Waals surface area contributed by atoms with Gasteiger partial charge in [-0.05, 0) is 12.1 Å². The number of amides is 1. The van der Waals surface area contributed by atoms with E-state index in [9.17, 15) is 4.79 Å². The Balaban J connectivity index is 2.37. The number of aromatic nitrogens is 1. The number of fused-ring (bicyclic) bond motifs is 1. The SMILES string of the molecule is COc1cc(NC(=O)CC(C)S)c2ncccc2c1. The van der Waals surface area contributed by atoms with Gasteiger partial charge in [-0.1, -0.05) is 13.0 Å². The van der Waals surface area contributed by atoms with Crippen LogP contribution in [-0.4, -0.2) is 23.3 Å². The molecule has 5 heteroatoms. The number of ether oxygens (including phenoxy) is 1. The van der Waals surface area contributed by atoms with Gasteiger partial charge in [-0.15, -0.1) is 0 Å². The van der Waals surface area contributed by atoms with Gasteiger partial charge in [-0.25, -0.2) is 0 Å². The first-order chi connectivity index (χ1) is 9.10. The predicted molar refractivity (Wildman–Crippen MR) is 80.0 cm³/mol. The molecule has 0 aliphatic rings. The largest absolute Gasteiger partial charge is 0.497 e. The van der Waals surface area contributed by atoms with Crippen LogP contribution in [0.2, 0.25) is 0 Å². The van der Waals surface area contributed by atoms with Crippen molar-refractivity contribution in [2.45, 2.75) is 18.6 Å². The highest BCUT2D eigenvalue weighted by atomic mass is 32.1. The molecular weight excluding hydrogens is 260 g/mol. The van der Waals surface area contributed by atoms with Gasteiger partial charge in [0.05, 0.1) is 18.3 Å². The smallest absolute Gasteiger partial charge is 0.225 e. The number of hydrogen-bond donors (Lipinski definition) is 2. The number of pyridine rings is 1. The van der Waals surface area contributed by atoms with Gasteiger partial charge >= 0.3 is 0 Å². The van der Waals surface area contributed by atoms with Gasteiger partial charge in [0.2, 0.25) is 5.91 Å². The van der Waals surface area contributed by atoms with E-state index in [0.717, 1.165) is 10.9 Å². The third kappa shape index (κ3) is 3.38. The molecule has 1 heterocycles. The molecule has 1 amide bonds. The first-order valence-corrected chi connectivity index (χ1v) is 6.52. The Kier molecular flexibility index (Phi) is 4.27. The minimum atomic E-state index is -0.0808. The van der Waals surface area contributed by atoms with E-state index in [0.29, 0.717) is 17.9 Å². The highest BCUT2D eigenvalue weighted by molar-refractivity contribution is 7.80. The molecule has 2 aromatic rings. The lowest BCUT2D eigenvalue weighted by Crippen LogP contribution is -2.15. The van der Waals surface area contributed by atoms with Gasteiger partial charge in [0.1, 0.15) is 5.75 Å². The predicted octanol–water partition coefficient (Wildman–Crippen LogP) is 2.89. The summed E-state index contributed by atoms with van der Waals surface area (Å²) < 4.78 is 5.23. The molecule has 1 atom stereocenters. The Morgan fingerprint density at radius 2 is 2.32 bits per heavy atom. The highest BCUT2D eigenvalue weighted by Crippen LogP contribution is 2.27. The number of nitrogens with one attached hydrogen (secondary N) is 1. The molecule has 1 unspecified atom stereocenters. The summed E-state index contributed by atoms with van der Waals surface area (Å²) in [6, 6.07) is 7.44. The molecule has 0 aliphatic heterocycles. The highest BCUT2D eigenvalue weighted by Gasteiger charge is 2.10. The molecule has 0 radical (unpaired) electrons. The molecular formula is C14H16N2O2S. The van der Waals surface area contributed by atoms with E-state index in [4.69, 9.17) is 4.74 Å². The molecule has 0 saturated carbocycles. The van der Waals surface area contributed by atoms with E-state index in [2.05, 4.69) is 22.9 Å². The van der Waals surface area contributed by atoms with Gasteiger partial charge in [0.25, 0.3) is 0 Å². The summed E-state index contributed by atoms with van der Waals surface area (Å²) in [5.74, 6) is 0.609. The minimum absolute atomic E-state index is 0.0184. The Labute approximate surface area is 117 Å². The van der Waals surface area contributed by atoms with Crippen molar-refractivity contribution in [1.82, 2.24) is 4.98 Å². The van der Waals surface area contributed by atoms with E-state index in [-0.39, 0.29) is 11.2 Å². The van der Waals surface area contributed by atoms with E-state index in [1.807, 2.05) is 25.1 Å². The third-order valence-corrected chi connectivity index (χ3v) is 2.85. The second kappa shape index (κ2) is 5.93. The summed E-state index contributed by atoms with van der Waals surface area (Å²) in [6.45, 7) is 1.88. The zero-order chi connectivity index (χ0) is 13.8. The molecule has 1 aromatic carbocycles. The van der Waals surface area contributed by atoms with Crippen molar-refractivity contribution in [3.05, 3.63) is 30.5 Å². The molecule has 1 N–H and O–H groups in total. The molecule has 4 nitrogen and oxygen atoms in total. The van der Waals surface area contributed by atoms with Crippen molar-refractivity contribution in [3.63, 3.8) is 0 Å². The van der Waals surface area contributed by atoms with Crippen LogP contribution in [0.5, 0.6) is 5.75 Å². The second-order valence-corrected chi connectivity index (χ2v) is 5.23. The zero-order valence-electron chi connectivity index (χ0n) is 10.9. The maximum absolute atomic E-state index is 11.8. The van der Waals surface area contributed by atoms with Crippen molar-refractivity contribution in [3.8, 4) is 5.75 Å². The average Bonchev–Trinajstić information content (AvgIpc) is 2.37. The fourth-order valence-corrected chi connectivity index (χ4v) is 2.01. The van der Waals surface area contributed by atoms with Crippen LogP contribution < -0.4 is 10.1 Å². The Morgan fingerprint density at radius 3 is 3.00 bits per heavy atom. The number of nitrogens with zero attached hydrogens (tertiary/aromatic N) is 1. The lowest BCUT2D eigenvalue weighted by molar-refractivity contribution is -0.116. The van der Waals surface area contributed by atoms with E-state index in [1.54, 1.807) is 19.4 Å². The third-order valence-electron chi connectivity index (χ3n) is 2.67. The molecule has 0 saturated heterocycles. The standard InChI is InChI=1S/C14H16N2O2S/c1-9(19)6-13(17)16-12-8-11(18-2)7-10-4-3-5-15-14(10)12/h3-5,7-9,19H,6H2,1-2H3,(H,16,17). The number of carbonyl (C=O) groups excluding carboxylic acids is 1. The van der Waals surface area contributed by atoms with Crippen LogP contribution in [0.25, 0.3) is 10.9 Å². The molecule has 2 rings (SSSR count). The van der Waals surface area contributed by atoms with Crippen molar-refractivity contribution < 1.29 is 9.53 Å². The summed E-state index contributed by atoms with van der Waals surface area (Å²) in [5, 5.41) is 3.81. The number of benzene rings is 1. The first-order valence-electron chi connectivity index (χ1n) is 6.01. The lowest BCUT2D eigenvalue weighted by Gasteiger charge is -2.11. The van der Waals surface area contributed by atoms with Crippen molar-refractivity contribution in [1.29, 1.82) is 0 Å². The number of hydrogen-bond acceptors (Lipinski definition) is 4. The van der Waals surface area contributed by atoms with Crippen molar-refractivity contribution >= 4 is 35.1 Å². The summed E-state index contributed by atoms with van der Waals surface area (Å²) in [7, 11) is 1.60. The molecule has 100 valence electrons. The summed E-state index contributed by atoms with van der Waals surface area (Å²) in [5.41, 5.74) is 1.41. The Bertz CT molecular complexity index is 599. The maximum Gasteiger partial charge on any atom is 0.225 e. The van der Waals surface area contributed by atoms with Gasteiger partial charge in [-0.2, -0.15) is 12.6 Å². The summed E-state index contributed by atoms with van der Waals surface area (Å²) >= 11 is 4.21. The average molecular weight is 276 g/mol. The summed E-state index contributed by atoms with van der Waals surface area (Å²) in [4.78, 5) is 16.1. The van der Waals surface area contributed by atoms with E-state index < -0.39 is 0 Å². The van der Waals surface area contributed by atoms with Crippen LogP contribution in [0.4, 0.5) is 5.69 Å². The number of anilines is 1. The minimum Gasteiger partial charge on any atom is -0.497 e. The molecule has 0 aliphatic carbocycles. The Morgan fingerprint density at radius 1 is 1.53 bits per heavy atom. The van der Waals surface area contributed by atoms with Gasteiger partial charge < -0.3 is 10.1 Å². The van der Waals surface area contributed by atoms with Crippen LogP contribution in [0, 0.1) is 0 Å². The van der Waals surface area contributed by atoms with Gasteiger partial charge in [0.15, 0.2) is 0 Å². The summed E-state index contributed by atoms with van der Waals surface area (Å²) in [6.07, 6.45) is 2.06. The lowest BCUT2D eigenvalue weighted by atomic mass is 10.1. The molecule has 0 fully saturated rings. The van der Waals surface area contributed by atoms with Crippen molar-refractivity contribution in [2.75, 3.05) is 12.4 Å². The molecule has 19 heavy (non-hydrogen) atoms. The second-order valence-electron chi connectivity index (χ2n) is 4.35. The van der Waals surface area contributed by atoms with Crippen molar-refractivity contribution in [2.24, 2.45) is 0 Å². The number of thiol groups is 1. The van der Waals surface area contributed by atoms with Gasteiger partial charge in [-0.3, -0.25) is 9.78 Å². The van der Waals surface area contributed by atoms with Crippen LogP contribution in [0.3, 0.4) is 0 Å².